The third-order valence-corrected chi connectivity index (χ3v) is 8.18. The van der Waals surface area contributed by atoms with Crippen molar-refractivity contribution in [1.82, 2.24) is 14.5 Å². The van der Waals surface area contributed by atoms with Gasteiger partial charge in [0, 0.05) is 70.8 Å². The number of nitrogens with one attached hydrogen (secondary N) is 1. The predicted octanol–water partition coefficient (Wildman–Crippen LogP) is 3.88. The first-order chi connectivity index (χ1) is 18.1. The number of aromatic nitrogens is 3. The third kappa shape index (κ3) is 5.14. The van der Waals surface area contributed by atoms with E-state index in [4.69, 9.17) is 14.7 Å². The average molecular weight is 515 g/mol. The molecule has 4 heterocycles. The number of hydrazone groups is 1. The molecule has 1 fully saturated rings. The van der Waals surface area contributed by atoms with Crippen molar-refractivity contribution in [2.24, 2.45) is 5.10 Å². The minimum absolute atomic E-state index is 0.465. The Balaban J connectivity index is 1.27. The van der Waals surface area contributed by atoms with Crippen molar-refractivity contribution >= 4 is 39.7 Å². The largest absolute Gasteiger partial charge is 0.378 e. The second-order valence-electron chi connectivity index (χ2n) is 9.52. The Morgan fingerprint density at radius 2 is 1.92 bits per heavy atom. The van der Waals surface area contributed by atoms with Crippen LogP contribution in [0.25, 0.3) is 10.9 Å². The molecule has 0 saturated carbocycles. The lowest BCUT2D eigenvalue weighted by atomic mass is 10.1. The molecular weight excluding hydrogens is 484 g/mol. The van der Waals surface area contributed by atoms with Gasteiger partial charge in [-0.2, -0.15) is 10.1 Å². The number of hydrogen-bond acceptors (Lipinski definition) is 7. The number of morpholine rings is 1. The van der Waals surface area contributed by atoms with Gasteiger partial charge in [0.15, 0.2) is 0 Å². The summed E-state index contributed by atoms with van der Waals surface area (Å²) < 4.78 is 20.1. The number of benzene rings is 2. The molecule has 2 aliphatic rings. The standard InChI is InChI=1S/C28H30N6O2S/c1-20-6-8-21(9-7-20)17-34-18-22(23-4-2-3-5-26(23)34)16-29-32-28-30-25-10-15-37(35)19-24(25)27(31-28)33-11-13-36-14-12-33/h2-9,16,18H,10-15,17,19H2,1H3,(H,30,31,32)/b29-16+. The van der Waals surface area contributed by atoms with Crippen LogP contribution in [0.15, 0.2) is 59.8 Å². The van der Waals surface area contributed by atoms with Crippen LogP contribution in [0.1, 0.15) is 27.9 Å². The van der Waals surface area contributed by atoms with E-state index in [2.05, 4.69) is 81.6 Å². The Morgan fingerprint density at radius 3 is 2.76 bits per heavy atom. The van der Waals surface area contributed by atoms with E-state index >= 15 is 0 Å². The SMILES string of the molecule is Cc1ccc(Cn2cc(/C=N/Nc3nc4c(c(N5CCOCC5)n3)CS(=O)CC4)c3ccccc32)cc1. The van der Waals surface area contributed by atoms with E-state index in [9.17, 15) is 4.21 Å². The lowest BCUT2D eigenvalue weighted by molar-refractivity contribution is 0.122. The molecule has 8 nitrogen and oxygen atoms in total. The van der Waals surface area contributed by atoms with Gasteiger partial charge in [0.1, 0.15) is 5.82 Å². The molecule has 1 N–H and O–H groups in total. The minimum Gasteiger partial charge on any atom is -0.378 e. The number of para-hydroxylation sites is 1. The number of aryl methyl sites for hydroxylation is 2. The summed E-state index contributed by atoms with van der Waals surface area (Å²) in [5, 5.41) is 5.67. The number of hydrogen-bond donors (Lipinski definition) is 1. The van der Waals surface area contributed by atoms with Crippen molar-refractivity contribution in [1.29, 1.82) is 0 Å². The monoisotopic (exact) mass is 514 g/mol. The van der Waals surface area contributed by atoms with Crippen molar-refractivity contribution < 1.29 is 8.95 Å². The molecule has 9 heteroatoms. The smallest absolute Gasteiger partial charge is 0.245 e. The second-order valence-corrected chi connectivity index (χ2v) is 11.1. The molecule has 2 aliphatic heterocycles. The summed E-state index contributed by atoms with van der Waals surface area (Å²) in [5.41, 5.74) is 9.73. The molecule has 4 aromatic rings. The molecule has 0 spiro atoms. The molecule has 6 rings (SSSR count). The molecule has 0 bridgehead atoms. The summed E-state index contributed by atoms with van der Waals surface area (Å²) >= 11 is 0. The molecule has 2 aromatic heterocycles. The molecule has 0 amide bonds. The fraction of sp³-hybridized carbons (Fsp3) is 0.321. The van der Waals surface area contributed by atoms with Gasteiger partial charge in [-0.25, -0.2) is 10.4 Å². The maximum absolute atomic E-state index is 12.3. The maximum Gasteiger partial charge on any atom is 0.245 e. The highest BCUT2D eigenvalue weighted by atomic mass is 32.2. The Morgan fingerprint density at radius 1 is 1.11 bits per heavy atom. The number of ether oxygens (including phenoxy) is 1. The molecule has 0 radical (unpaired) electrons. The number of rotatable bonds is 6. The van der Waals surface area contributed by atoms with E-state index < -0.39 is 10.8 Å². The van der Waals surface area contributed by atoms with E-state index in [1.807, 2.05) is 6.21 Å². The van der Waals surface area contributed by atoms with Gasteiger partial charge in [0.25, 0.3) is 0 Å². The van der Waals surface area contributed by atoms with Gasteiger partial charge in [-0.3, -0.25) is 4.21 Å². The first kappa shape index (κ1) is 23.8. The molecule has 2 aromatic carbocycles. The highest BCUT2D eigenvalue weighted by Crippen LogP contribution is 2.28. The van der Waals surface area contributed by atoms with Gasteiger partial charge >= 0.3 is 0 Å². The van der Waals surface area contributed by atoms with E-state index in [1.165, 1.54) is 11.1 Å². The Hall–Kier alpha value is -3.56. The fourth-order valence-electron chi connectivity index (χ4n) is 4.96. The maximum atomic E-state index is 12.3. The van der Waals surface area contributed by atoms with Crippen molar-refractivity contribution in [3.8, 4) is 0 Å². The Kier molecular flexibility index (Phi) is 6.72. The zero-order chi connectivity index (χ0) is 25.2. The number of anilines is 2. The summed E-state index contributed by atoms with van der Waals surface area (Å²) in [6.45, 7) is 5.75. The van der Waals surface area contributed by atoms with Crippen molar-refractivity contribution in [2.75, 3.05) is 42.4 Å². The van der Waals surface area contributed by atoms with Gasteiger partial charge in [-0.1, -0.05) is 48.0 Å². The lowest BCUT2D eigenvalue weighted by Crippen LogP contribution is -2.38. The van der Waals surface area contributed by atoms with Crippen LogP contribution in [0.3, 0.4) is 0 Å². The third-order valence-electron chi connectivity index (χ3n) is 6.91. The van der Waals surface area contributed by atoms with Crippen molar-refractivity contribution in [3.63, 3.8) is 0 Å². The topological polar surface area (TPSA) is 84.6 Å². The summed E-state index contributed by atoms with van der Waals surface area (Å²) in [6, 6.07) is 17.0. The Labute approximate surface area is 218 Å². The van der Waals surface area contributed by atoms with Crippen LogP contribution in [0.4, 0.5) is 11.8 Å². The van der Waals surface area contributed by atoms with Gasteiger partial charge in [-0.05, 0) is 18.6 Å². The zero-order valence-corrected chi connectivity index (χ0v) is 21.7. The van der Waals surface area contributed by atoms with Gasteiger partial charge < -0.3 is 14.2 Å². The van der Waals surface area contributed by atoms with Gasteiger partial charge in [0.05, 0.1) is 30.9 Å². The van der Waals surface area contributed by atoms with Crippen LogP contribution in [-0.4, -0.2) is 57.0 Å². The van der Waals surface area contributed by atoms with Gasteiger partial charge in [0.2, 0.25) is 5.95 Å². The van der Waals surface area contributed by atoms with Crippen LogP contribution in [0.2, 0.25) is 0 Å². The average Bonchev–Trinajstić information content (AvgIpc) is 3.27. The molecule has 0 aliphatic carbocycles. The Bertz CT molecular complexity index is 1470. The minimum atomic E-state index is -0.871. The zero-order valence-electron chi connectivity index (χ0n) is 20.9. The summed E-state index contributed by atoms with van der Waals surface area (Å²) in [4.78, 5) is 11.7. The normalized spacial score (nSPS) is 17.9. The van der Waals surface area contributed by atoms with E-state index in [1.54, 1.807) is 0 Å². The van der Waals surface area contributed by atoms with E-state index in [-0.39, 0.29) is 0 Å². The quantitative estimate of drug-likeness (QED) is 0.311. The number of nitrogens with zero attached hydrogens (tertiary/aromatic N) is 5. The van der Waals surface area contributed by atoms with Crippen molar-refractivity contribution in [3.05, 3.63) is 82.7 Å². The summed E-state index contributed by atoms with van der Waals surface area (Å²) in [6.07, 6.45) is 4.66. The molecule has 37 heavy (non-hydrogen) atoms. The van der Waals surface area contributed by atoms with Crippen LogP contribution in [0.5, 0.6) is 0 Å². The summed E-state index contributed by atoms with van der Waals surface area (Å²) in [5.74, 6) is 2.46. The van der Waals surface area contributed by atoms with E-state index in [0.717, 1.165) is 53.2 Å². The molecule has 1 atom stereocenters. The first-order valence-corrected chi connectivity index (χ1v) is 14.1. The highest BCUT2D eigenvalue weighted by molar-refractivity contribution is 7.84. The first-order valence-electron chi connectivity index (χ1n) is 12.6. The number of fused-ring (bicyclic) bond motifs is 2. The fourth-order valence-corrected chi connectivity index (χ4v) is 6.14. The van der Waals surface area contributed by atoms with E-state index in [0.29, 0.717) is 37.1 Å². The molecule has 1 unspecified atom stereocenters. The predicted molar refractivity (Wildman–Crippen MR) is 149 cm³/mol. The molecule has 190 valence electrons. The van der Waals surface area contributed by atoms with Crippen LogP contribution in [-0.2, 0) is 34.3 Å². The lowest BCUT2D eigenvalue weighted by Gasteiger charge is -2.31. The second kappa shape index (κ2) is 10.4. The molecular formula is C28H30N6O2S. The van der Waals surface area contributed by atoms with Crippen LogP contribution >= 0.6 is 0 Å². The molecule has 1 saturated heterocycles. The summed E-state index contributed by atoms with van der Waals surface area (Å²) in [7, 11) is -0.871. The highest BCUT2D eigenvalue weighted by Gasteiger charge is 2.25. The van der Waals surface area contributed by atoms with Gasteiger partial charge in [-0.15, -0.1) is 0 Å². The van der Waals surface area contributed by atoms with Crippen LogP contribution in [0, 0.1) is 6.92 Å². The van der Waals surface area contributed by atoms with Crippen LogP contribution < -0.4 is 10.3 Å². The van der Waals surface area contributed by atoms with Crippen molar-refractivity contribution in [2.45, 2.75) is 25.6 Å².